The number of nitrogens with zero attached hydrogens (tertiary/aromatic N) is 5. The number of carbonyl (C=O) groups excluding carboxylic acids is 2. The van der Waals surface area contributed by atoms with Crippen LogP contribution in [-0.4, -0.2) is 54.0 Å². The van der Waals surface area contributed by atoms with Gasteiger partial charge in [-0.25, -0.2) is 18.2 Å². The number of amides is 2. The van der Waals surface area contributed by atoms with Gasteiger partial charge in [-0.15, -0.1) is 0 Å². The molecule has 0 spiro atoms. The smallest absolute Gasteiger partial charge is 0.334 e. The number of benzene rings is 6. The van der Waals surface area contributed by atoms with Crippen molar-refractivity contribution in [1.82, 2.24) is 18.8 Å². The number of pyridine rings is 1. The summed E-state index contributed by atoms with van der Waals surface area (Å²) in [5.74, 6) is -1.21. The monoisotopic (exact) mass is 989 g/mol. The molecule has 0 radical (unpaired) electrons. The maximum absolute atomic E-state index is 16.4. The number of rotatable bonds is 16. The number of nitrogens with one attached hydrogen (secondary N) is 2. The zero-order chi connectivity index (χ0) is 49.9. The van der Waals surface area contributed by atoms with Gasteiger partial charge in [-0.2, -0.15) is 13.4 Å². The van der Waals surface area contributed by atoms with Gasteiger partial charge in [-0.3, -0.25) is 18.7 Å². The zero-order valence-corrected chi connectivity index (χ0v) is 40.5. The lowest BCUT2D eigenvalue weighted by molar-refractivity contribution is -0.118. The number of fused-ring (bicyclic) bond motifs is 2. The molecule has 4 heterocycles. The van der Waals surface area contributed by atoms with E-state index >= 15 is 4.39 Å². The lowest BCUT2D eigenvalue weighted by atomic mass is 9.93. The van der Waals surface area contributed by atoms with E-state index in [-0.39, 0.29) is 65.9 Å². The Morgan fingerprint density at radius 2 is 1.40 bits per heavy atom. The normalized spacial score (nSPS) is 14.8. The molecule has 6 aromatic carbocycles. The summed E-state index contributed by atoms with van der Waals surface area (Å²) >= 11 is 0. The molecule has 0 saturated carbocycles. The molecule has 72 heavy (non-hydrogen) atoms. The summed E-state index contributed by atoms with van der Waals surface area (Å²) in [5.41, 5.74) is 5.47. The largest absolute Gasteiger partial charge is 0.487 e. The molecule has 17 heteroatoms. The van der Waals surface area contributed by atoms with Crippen molar-refractivity contribution in [3.63, 3.8) is 0 Å². The topological polar surface area (TPSA) is 166 Å². The molecule has 2 amide bonds. The number of piperidine rings is 1. The minimum absolute atomic E-state index is 0.0107. The molecule has 368 valence electrons. The third kappa shape index (κ3) is 10.1. The van der Waals surface area contributed by atoms with E-state index in [0.717, 1.165) is 40.7 Å². The highest BCUT2D eigenvalue weighted by atomic mass is 32.2. The second-order valence-corrected chi connectivity index (χ2v) is 19.8. The fraction of sp³-hybridized carbons (Fsp3) is 0.236. The number of hydrogen-bond donors (Lipinski definition) is 2. The Bertz CT molecular complexity index is 3470. The summed E-state index contributed by atoms with van der Waals surface area (Å²) in [7, 11) is -4.36. The first-order valence-electron chi connectivity index (χ1n) is 23.8. The van der Waals surface area contributed by atoms with E-state index in [4.69, 9.17) is 19.2 Å². The fourth-order valence-corrected chi connectivity index (χ4v) is 10.5. The van der Waals surface area contributed by atoms with E-state index in [1.165, 1.54) is 12.1 Å². The van der Waals surface area contributed by atoms with Crippen LogP contribution in [0, 0.1) is 11.7 Å². The lowest BCUT2D eigenvalue weighted by Gasteiger charge is -2.33. The maximum atomic E-state index is 16.4. The number of hydrogen-bond acceptors (Lipinski definition) is 10. The second-order valence-electron chi connectivity index (χ2n) is 18.2. The first-order chi connectivity index (χ1) is 34.9. The van der Waals surface area contributed by atoms with E-state index in [0.29, 0.717) is 52.2 Å². The van der Waals surface area contributed by atoms with Gasteiger partial charge in [0.15, 0.2) is 5.82 Å². The first-order valence-corrected chi connectivity index (χ1v) is 25.3. The van der Waals surface area contributed by atoms with Crippen molar-refractivity contribution < 1.29 is 36.6 Å². The molecular weight excluding hydrogens is 938 g/mol. The van der Waals surface area contributed by atoms with E-state index in [1.807, 2.05) is 128 Å². The molecular formula is C55H52FN7O8S. The summed E-state index contributed by atoms with van der Waals surface area (Å²) in [6.45, 7) is 5.32. The maximum Gasteiger partial charge on any atom is 0.334 e. The van der Waals surface area contributed by atoms with Crippen molar-refractivity contribution in [3.05, 3.63) is 179 Å². The van der Waals surface area contributed by atoms with E-state index in [9.17, 15) is 22.8 Å². The molecule has 15 nitrogen and oxygen atoms in total. The quantitative estimate of drug-likeness (QED) is 0.0953. The first kappa shape index (κ1) is 47.5. The SMILES string of the molecule is CC(C)n1c(=O)n(-c2ccc(OCc3ccccc3)nc2OCc2ccccc2)c2ccc(N3CCC(CC(=O)Nc4ccc5c(F)c(N6CC(=O)NS6(=O)=O)c(OCc6ccccc6)cc5c4)CC3)cc21. The van der Waals surface area contributed by atoms with Crippen LogP contribution in [0.15, 0.2) is 150 Å². The van der Waals surface area contributed by atoms with E-state index in [1.54, 1.807) is 27.3 Å². The summed E-state index contributed by atoms with van der Waals surface area (Å²) in [5, 5.41) is 3.43. The van der Waals surface area contributed by atoms with Crippen molar-refractivity contribution in [2.75, 3.05) is 34.2 Å². The van der Waals surface area contributed by atoms with Gasteiger partial charge >= 0.3 is 15.9 Å². The van der Waals surface area contributed by atoms with Crippen molar-refractivity contribution in [2.45, 2.75) is 59.0 Å². The third-order valence-electron chi connectivity index (χ3n) is 12.9. The Morgan fingerprint density at radius 3 is 2.03 bits per heavy atom. The summed E-state index contributed by atoms with van der Waals surface area (Å²) in [6.07, 6.45) is 1.77. The Labute approximate surface area is 415 Å². The average Bonchev–Trinajstić information content (AvgIpc) is 3.83. The van der Waals surface area contributed by atoms with Gasteiger partial charge < -0.3 is 24.4 Å². The molecule has 0 unspecified atom stereocenters. The molecule has 2 fully saturated rings. The van der Waals surface area contributed by atoms with Crippen molar-refractivity contribution in [2.24, 2.45) is 5.92 Å². The Kier molecular flexibility index (Phi) is 13.4. The minimum atomic E-state index is -4.36. The predicted octanol–water partition coefficient (Wildman–Crippen LogP) is 9.22. The van der Waals surface area contributed by atoms with Crippen LogP contribution < -0.4 is 39.1 Å². The highest BCUT2D eigenvalue weighted by molar-refractivity contribution is 7.92. The fourth-order valence-electron chi connectivity index (χ4n) is 9.36. The van der Waals surface area contributed by atoms with Gasteiger partial charge in [0.2, 0.25) is 17.7 Å². The van der Waals surface area contributed by atoms with Crippen LogP contribution in [0.25, 0.3) is 27.5 Å². The number of aromatic nitrogens is 3. The third-order valence-corrected chi connectivity index (χ3v) is 14.3. The molecule has 0 bridgehead atoms. The highest BCUT2D eigenvalue weighted by Gasteiger charge is 2.38. The van der Waals surface area contributed by atoms with Crippen LogP contribution in [0.4, 0.5) is 21.5 Å². The summed E-state index contributed by atoms with van der Waals surface area (Å²) < 4.78 is 66.6. The number of ether oxygens (including phenoxy) is 3. The molecule has 2 aliphatic heterocycles. The summed E-state index contributed by atoms with van der Waals surface area (Å²) in [4.78, 5) is 47.2. The van der Waals surface area contributed by atoms with E-state index < -0.39 is 28.5 Å². The van der Waals surface area contributed by atoms with E-state index in [2.05, 4.69) is 16.3 Å². The lowest BCUT2D eigenvalue weighted by Crippen LogP contribution is -2.35. The molecule has 2 aliphatic rings. The molecule has 2 saturated heterocycles. The second kappa shape index (κ2) is 20.3. The van der Waals surface area contributed by atoms with Gasteiger partial charge in [0.25, 0.3) is 5.91 Å². The van der Waals surface area contributed by atoms with Gasteiger partial charge in [-0.1, -0.05) is 91.0 Å². The number of carbonyl (C=O) groups is 2. The van der Waals surface area contributed by atoms with Crippen LogP contribution in [0.5, 0.6) is 17.5 Å². The zero-order valence-electron chi connectivity index (χ0n) is 39.7. The van der Waals surface area contributed by atoms with Crippen LogP contribution in [0.2, 0.25) is 0 Å². The van der Waals surface area contributed by atoms with Crippen LogP contribution in [0.3, 0.4) is 0 Å². The van der Waals surface area contributed by atoms with Crippen LogP contribution in [0.1, 0.15) is 55.8 Å². The van der Waals surface area contributed by atoms with Gasteiger partial charge in [0.05, 0.1) is 11.0 Å². The van der Waals surface area contributed by atoms with Gasteiger partial charge in [0.1, 0.15) is 43.5 Å². The Balaban J connectivity index is 0.841. The number of halogens is 1. The Hall–Kier alpha value is -8.18. The minimum Gasteiger partial charge on any atom is -0.487 e. The van der Waals surface area contributed by atoms with Crippen molar-refractivity contribution in [3.8, 4) is 23.2 Å². The predicted molar refractivity (Wildman–Crippen MR) is 275 cm³/mol. The average molecular weight is 990 g/mol. The summed E-state index contributed by atoms with van der Waals surface area (Å²) in [6, 6.07) is 44.3. The molecule has 0 atom stereocenters. The molecule has 2 N–H and O–H groups in total. The molecule has 2 aromatic heterocycles. The highest BCUT2D eigenvalue weighted by Crippen LogP contribution is 2.41. The standard InChI is InChI=1S/C55H52FN7O8S/c1-36(2)62-47-31-43(19-21-45(47)63(55(62)66)46-22-23-51(70-34-39-14-8-4-9-15-39)58-54(46)71-35-40-16-10-5-11-17-40)60-26-24-37(25-27-60)28-49(64)57-42-18-20-44-41(29-42)30-48(69-33-38-12-6-3-7-13-38)53(52(44)56)61-32-50(65)59-72(61,67)68/h3-23,29-31,36-37H,24-28,32-35H2,1-2H3,(H,57,64)(H,59,65). The van der Waals surface area contributed by atoms with Gasteiger partial charge in [0, 0.05) is 48.4 Å². The molecule has 0 aliphatic carbocycles. The van der Waals surface area contributed by atoms with Crippen molar-refractivity contribution in [1.29, 1.82) is 0 Å². The number of imidazole rings is 1. The molecule has 8 aromatic rings. The van der Waals surface area contributed by atoms with Crippen molar-refractivity contribution >= 4 is 60.9 Å². The Morgan fingerprint density at radius 1 is 0.764 bits per heavy atom. The van der Waals surface area contributed by atoms with Crippen LogP contribution >= 0.6 is 0 Å². The van der Waals surface area contributed by atoms with Gasteiger partial charge in [-0.05, 0) is 103 Å². The number of anilines is 3. The molecule has 10 rings (SSSR count). The van der Waals surface area contributed by atoms with Crippen LogP contribution in [-0.2, 0) is 39.6 Å².